The number of rotatable bonds is 3. The third-order valence-corrected chi connectivity index (χ3v) is 1.90. The molecular weight excluding hydrogens is 184 g/mol. The van der Waals surface area contributed by atoms with Crippen LogP contribution in [-0.2, 0) is 0 Å². The van der Waals surface area contributed by atoms with Gasteiger partial charge in [0.1, 0.15) is 11.4 Å². The molecule has 0 amide bonds. The first-order chi connectivity index (χ1) is 6.03. The van der Waals surface area contributed by atoms with E-state index in [1.807, 2.05) is 32.0 Å². The fourth-order valence-electron chi connectivity index (χ4n) is 0.876. The van der Waals surface area contributed by atoms with Gasteiger partial charge in [-0.3, -0.25) is 0 Å². The van der Waals surface area contributed by atoms with E-state index >= 15 is 0 Å². The Balaban J connectivity index is 2.80. The highest BCUT2D eigenvalue weighted by molar-refractivity contribution is 6.30. The van der Waals surface area contributed by atoms with Gasteiger partial charge < -0.3 is 4.74 Å². The third kappa shape index (κ3) is 3.11. The first-order valence-corrected chi connectivity index (χ1v) is 4.49. The molecule has 0 N–H and O–H groups in total. The molecule has 1 aromatic rings. The SMILES string of the molecule is C=CC(C)(C)Oc1cccc(Cl)c1. The maximum atomic E-state index is 5.81. The highest BCUT2D eigenvalue weighted by Gasteiger charge is 2.14. The first-order valence-electron chi connectivity index (χ1n) is 4.12. The molecule has 0 spiro atoms. The van der Waals surface area contributed by atoms with E-state index in [1.165, 1.54) is 0 Å². The maximum absolute atomic E-state index is 5.81. The molecule has 0 atom stereocenters. The summed E-state index contributed by atoms with van der Waals surface area (Å²) >= 11 is 5.81. The van der Waals surface area contributed by atoms with Crippen molar-refractivity contribution in [3.8, 4) is 5.75 Å². The van der Waals surface area contributed by atoms with Crippen LogP contribution in [0, 0.1) is 0 Å². The molecular formula is C11H13ClO. The van der Waals surface area contributed by atoms with Crippen LogP contribution < -0.4 is 4.74 Å². The molecule has 0 aliphatic carbocycles. The van der Waals surface area contributed by atoms with Gasteiger partial charge in [-0.05, 0) is 38.1 Å². The lowest BCUT2D eigenvalue weighted by Crippen LogP contribution is -2.24. The van der Waals surface area contributed by atoms with Crippen LogP contribution in [0.15, 0.2) is 36.9 Å². The Labute approximate surface area is 84.0 Å². The van der Waals surface area contributed by atoms with Gasteiger partial charge in [-0.1, -0.05) is 24.2 Å². The molecule has 1 nitrogen and oxygen atoms in total. The van der Waals surface area contributed by atoms with Crippen molar-refractivity contribution in [2.75, 3.05) is 0 Å². The highest BCUT2D eigenvalue weighted by atomic mass is 35.5. The van der Waals surface area contributed by atoms with Gasteiger partial charge in [0.2, 0.25) is 0 Å². The topological polar surface area (TPSA) is 9.23 Å². The third-order valence-electron chi connectivity index (χ3n) is 1.67. The largest absolute Gasteiger partial charge is 0.484 e. The van der Waals surface area contributed by atoms with Crippen LogP contribution in [0.3, 0.4) is 0 Å². The number of ether oxygens (including phenoxy) is 1. The van der Waals surface area contributed by atoms with Crippen molar-refractivity contribution in [2.45, 2.75) is 19.4 Å². The quantitative estimate of drug-likeness (QED) is 0.671. The van der Waals surface area contributed by atoms with E-state index in [0.29, 0.717) is 5.02 Å². The molecule has 13 heavy (non-hydrogen) atoms. The van der Waals surface area contributed by atoms with E-state index in [9.17, 15) is 0 Å². The van der Waals surface area contributed by atoms with Crippen LogP contribution in [0.5, 0.6) is 5.75 Å². The second-order valence-electron chi connectivity index (χ2n) is 3.37. The van der Waals surface area contributed by atoms with Gasteiger partial charge in [0.25, 0.3) is 0 Å². The van der Waals surface area contributed by atoms with E-state index < -0.39 is 0 Å². The molecule has 0 fully saturated rings. The lowest BCUT2D eigenvalue weighted by Gasteiger charge is -2.22. The predicted molar refractivity (Wildman–Crippen MR) is 56.4 cm³/mol. The summed E-state index contributed by atoms with van der Waals surface area (Å²) in [5.74, 6) is 0.761. The van der Waals surface area contributed by atoms with Crippen LogP contribution in [0.2, 0.25) is 5.02 Å². The summed E-state index contributed by atoms with van der Waals surface area (Å²) in [5, 5.41) is 0.678. The summed E-state index contributed by atoms with van der Waals surface area (Å²) in [4.78, 5) is 0. The van der Waals surface area contributed by atoms with E-state index in [4.69, 9.17) is 16.3 Å². The molecule has 0 heterocycles. The highest BCUT2D eigenvalue weighted by Crippen LogP contribution is 2.22. The monoisotopic (exact) mass is 196 g/mol. The van der Waals surface area contributed by atoms with E-state index in [1.54, 1.807) is 12.1 Å². The Bertz CT molecular complexity index is 305. The Morgan fingerprint density at radius 2 is 2.15 bits per heavy atom. The number of hydrogen-bond acceptors (Lipinski definition) is 1. The van der Waals surface area contributed by atoms with Crippen molar-refractivity contribution in [2.24, 2.45) is 0 Å². The molecule has 0 aliphatic heterocycles. The van der Waals surface area contributed by atoms with Gasteiger partial charge >= 0.3 is 0 Å². The summed E-state index contributed by atoms with van der Waals surface area (Å²) in [6, 6.07) is 7.33. The Morgan fingerprint density at radius 3 is 2.69 bits per heavy atom. The van der Waals surface area contributed by atoms with Crippen molar-refractivity contribution in [1.29, 1.82) is 0 Å². The molecule has 0 radical (unpaired) electrons. The Hall–Kier alpha value is -0.950. The number of hydrogen-bond donors (Lipinski definition) is 0. The molecule has 0 saturated heterocycles. The van der Waals surface area contributed by atoms with Crippen LogP contribution in [0.1, 0.15) is 13.8 Å². The van der Waals surface area contributed by atoms with Crippen molar-refractivity contribution in [3.63, 3.8) is 0 Å². The lowest BCUT2D eigenvalue weighted by molar-refractivity contribution is 0.162. The van der Waals surface area contributed by atoms with Crippen molar-refractivity contribution >= 4 is 11.6 Å². The van der Waals surface area contributed by atoms with Crippen LogP contribution >= 0.6 is 11.6 Å². The minimum Gasteiger partial charge on any atom is -0.484 e. The van der Waals surface area contributed by atoms with E-state index in [-0.39, 0.29) is 5.60 Å². The average molecular weight is 197 g/mol. The van der Waals surface area contributed by atoms with Crippen molar-refractivity contribution < 1.29 is 4.74 Å². The summed E-state index contributed by atoms with van der Waals surface area (Å²) in [5.41, 5.74) is -0.356. The molecule has 2 heteroatoms. The lowest BCUT2D eigenvalue weighted by atomic mass is 10.1. The molecule has 70 valence electrons. The molecule has 0 bridgehead atoms. The number of benzene rings is 1. The van der Waals surface area contributed by atoms with Gasteiger partial charge in [-0.25, -0.2) is 0 Å². The van der Waals surface area contributed by atoms with E-state index in [0.717, 1.165) is 5.75 Å². The first kappa shape index (κ1) is 10.1. The predicted octanol–water partition coefficient (Wildman–Crippen LogP) is 3.68. The van der Waals surface area contributed by atoms with Crippen molar-refractivity contribution in [3.05, 3.63) is 41.9 Å². The van der Waals surface area contributed by atoms with Crippen LogP contribution in [-0.4, -0.2) is 5.60 Å². The van der Waals surface area contributed by atoms with Gasteiger partial charge in [0.15, 0.2) is 0 Å². The van der Waals surface area contributed by atoms with Gasteiger partial charge in [0.05, 0.1) is 0 Å². The zero-order valence-electron chi connectivity index (χ0n) is 7.88. The fourth-order valence-corrected chi connectivity index (χ4v) is 1.06. The molecule has 0 aromatic heterocycles. The summed E-state index contributed by atoms with van der Waals surface area (Å²) in [6.07, 6.45) is 1.76. The average Bonchev–Trinajstić information content (AvgIpc) is 2.03. The zero-order valence-corrected chi connectivity index (χ0v) is 8.64. The summed E-state index contributed by atoms with van der Waals surface area (Å²) in [7, 11) is 0. The van der Waals surface area contributed by atoms with Gasteiger partial charge in [-0.2, -0.15) is 0 Å². The number of halogens is 1. The molecule has 0 unspecified atom stereocenters. The summed E-state index contributed by atoms with van der Waals surface area (Å²) in [6.45, 7) is 7.58. The Morgan fingerprint density at radius 1 is 1.46 bits per heavy atom. The zero-order chi connectivity index (χ0) is 9.90. The van der Waals surface area contributed by atoms with Crippen LogP contribution in [0.25, 0.3) is 0 Å². The summed E-state index contributed by atoms with van der Waals surface area (Å²) < 4.78 is 5.63. The van der Waals surface area contributed by atoms with Gasteiger partial charge in [0, 0.05) is 5.02 Å². The molecule has 1 rings (SSSR count). The minimum atomic E-state index is -0.356. The van der Waals surface area contributed by atoms with Gasteiger partial charge in [-0.15, -0.1) is 0 Å². The minimum absolute atomic E-state index is 0.356. The fraction of sp³-hybridized carbons (Fsp3) is 0.273. The molecule has 0 saturated carbocycles. The molecule has 0 aliphatic rings. The normalized spacial score (nSPS) is 11.0. The smallest absolute Gasteiger partial charge is 0.122 e. The standard InChI is InChI=1S/C11H13ClO/c1-4-11(2,3)13-10-7-5-6-9(12)8-10/h4-8H,1H2,2-3H3. The second-order valence-corrected chi connectivity index (χ2v) is 3.80. The maximum Gasteiger partial charge on any atom is 0.122 e. The van der Waals surface area contributed by atoms with E-state index in [2.05, 4.69) is 6.58 Å². The van der Waals surface area contributed by atoms with Crippen molar-refractivity contribution in [1.82, 2.24) is 0 Å². The molecule has 1 aromatic carbocycles. The second kappa shape index (κ2) is 3.84. The van der Waals surface area contributed by atoms with Crippen LogP contribution in [0.4, 0.5) is 0 Å². The Kier molecular flexibility index (Phi) is 2.99.